The lowest BCUT2D eigenvalue weighted by atomic mass is 9.93. The number of esters is 1. The summed E-state index contributed by atoms with van der Waals surface area (Å²) in [5.41, 5.74) is 6.64. The Kier molecular flexibility index (Phi) is 5.93. The second kappa shape index (κ2) is 8.39. The van der Waals surface area contributed by atoms with Crippen LogP contribution in [0, 0.1) is 11.7 Å². The third kappa shape index (κ3) is 4.30. The monoisotopic (exact) mass is 390 g/mol. The van der Waals surface area contributed by atoms with Crippen LogP contribution in [0.15, 0.2) is 35.5 Å². The van der Waals surface area contributed by atoms with Crippen LogP contribution in [0.1, 0.15) is 24.4 Å². The third-order valence-electron chi connectivity index (χ3n) is 5.13. The summed E-state index contributed by atoms with van der Waals surface area (Å²) in [6.45, 7) is 1.56. The van der Waals surface area contributed by atoms with E-state index >= 15 is 0 Å². The van der Waals surface area contributed by atoms with Crippen LogP contribution >= 0.6 is 0 Å². The average molecular weight is 390 g/mol. The van der Waals surface area contributed by atoms with E-state index in [1.54, 1.807) is 0 Å². The maximum absolute atomic E-state index is 13.3. The Morgan fingerprint density at radius 3 is 2.46 bits per heavy atom. The smallest absolute Gasteiger partial charge is 0.338 e. The molecule has 2 aliphatic rings. The number of ether oxygens (including phenoxy) is 1. The molecule has 2 aliphatic heterocycles. The Hall–Kier alpha value is -2.94. The van der Waals surface area contributed by atoms with Gasteiger partial charge in [-0.2, -0.15) is 0 Å². The summed E-state index contributed by atoms with van der Waals surface area (Å²) in [4.78, 5) is 38.1. The summed E-state index contributed by atoms with van der Waals surface area (Å²) in [6, 6.07) is 4.37. The lowest BCUT2D eigenvalue weighted by molar-refractivity contribution is -0.136. The van der Waals surface area contributed by atoms with Crippen molar-refractivity contribution in [3.05, 3.63) is 46.9 Å². The number of benzene rings is 1. The van der Waals surface area contributed by atoms with E-state index in [4.69, 9.17) is 10.5 Å². The lowest BCUT2D eigenvalue weighted by Crippen LogP contribution is -2.49. The number of nitrogens with zero attached hydrogens (tertiary/aromatic N) is 1. The molecule has 1 aromatic carbocycles. The molecule has 150 valence electrons. The number of urea groups is 1. The molecule has 8 nitrogen and oxygen atoms in total. The van der Waals surface area contributed by atoms with Crippen molar-refractivity contribution in [1.29, 1.82) is 0 Å². The molecule has 28 heavy (non-hydrogen) atoms. The largest absolute Gasteiger partial charge is 0.466 e. The highest BCUT2D eigenvalue weighted by Crippen LogP contribution is 2.29. The summed E-state index contributed by atoms with van der Waals surface area (Å²) in [6.07, 6.45) is 1.26. The number of likely N-dealkylation sites (tertiary alicyclic amines) is 1. The van der Waals surface area contributed by atoms with E-state index in [1.165, 1.54) is 31.4 Å². The molecular formula is C19H23FN4O4. The minimum absolute atomic E-state index is 0.153. The fraction of sp³-hybridized carbons (Fsp3) is 0.421. The lowest BCUT2D eigenvalue weighted by Gasteiger charge is -2.34. The molecule has 3 amide bonds. The SMILES string of the molecule is COC(=O)C1=C(CN2CCC(C(N)=O)CC2)NC(=O)NC1c1ccc(F)cc1. The van der Waals surface area contributed by atoms with Crippen molar-refractivity contribution < 1.29 is 23.5 Å². The van der Waals surface area contributed by atoms with Gasteiger partial charge in [0.15, 0.2) is 0 Å². The third-order valence-corrected chi connectivity index (χ3v) is 5.13. The number of amides is 3. The van der Waals surface area contributed by atoms with Gasteiger partial charge in [-0.1, -0.05) is 12.1 Å². The van der Waals surface area contributed by atoms with Crippen molar-refractivity contribution in [2.75, 3.05) is 26.7 Å². The number of hydrogen-bond donors (Lipinski definition) is 3. The predicted molar refractivity (Wildman–Crippen MR) is 98.2 cm³/mol. The quantitative estimate of drug-likeness (QED) is 0.644. The topological polar surface area (TPSA) is 114 Å². The molecule has 0 aliphatic carbocycles. The zero-order chi connectivity index (χ0) is 20.3. The number of carbonyl (C=O) groups is 3. The van der Waals surface area contributed by atoms with Gasteiger partial charge >= 0.3 is 12.0 Å². The predicted octanol–water partition coefficient (Wildman–Crippen LogP) is 0.804. The van der Waals surface area contributed by atoms with E-state index < -0.39 is 23.9 Å². The molecule has 1 fully saturated rings. The zero-order valence-corrected chi connectivity index (χ0v) is 15.5. The van der Waals surface area contributed by atoms with Gasteiger partial charge in [0.25, 0.3) is 0 Å². The summed E-state index contributed by atoms with van der Waals surface area (Å²) in [5, 5.41) is 5.39. The Morgan fingerprint density at radius 2 is 1.89 bits per heavy atom. The van der Waals surface area contributed by atoms with Gasteiger partial charge in [-0.15, -0.1) is 0 Å². The van der Waals surface area contributed by atoms with Crippen LogP contribution in [0.25, 0.3) is 0 Å². The first-order valence-electron chi connectivity index (χ1n) is 9.05. The summed E-state index contributed by atoms with van der Waals surface area (Å²) >= 11 is 0. The number of nitrogens with one attached hydrogen (secondary N) is 2. The normalized spacial score (nSPS) is 21.1. The van der Waals surface area contributed by atoms with E-state index in [2.05, 4.69) is 10.6 Å². The highest BCUT2D eigenvalue weighted by molar-refractivity contribution is 5.95. The van der Waals surface area contributed by atoms with Crippen molar-refractivity contribution in [1.82, 2.24) is 15.5 Å². The van der Waals surface area contributed by atoms with Gasteiger partial charge in [0.1, 0.15) is 5.82 Å². The van der Waals surface area contributed by atoms with E-state index in [9.17, 15) is 18.8 Å². The van der Waals surface area contributed by atoms with Crippen molar-refractivity contribution in [3.8, 4) is 0 Å². The maximum Gasteiger partial charge on any atom is 0.338 e. The Bertz CT molecular complexity index is 801. The summed E-state index contributed by atoms with van der Waals surface area (Å²) in [5.74, 6) is -1.45. The van der Waals surface area contributed by atoms with Crippen LogP contribution in [-0.4, -0.2) is 49.6 Å². The van der Waals surface area contributed by atoms with Crippen molar-refractivity contribution in [3.63, 3.8) is 0 Å². The number of primary amides is 1. The van der Waals surface area contributed by atoms with Gasteiger partial charge in [0.05, 0.1) is 18.7 Å². The van der Waals surface area contributed by atoms with Crippen LogP contribution in [0.4, 0.5) is 9.18 Å². The number of rotatable bonds is 5. The van der Waals surface area contributed by atoms with Crippen LogP contribution in [-0.2, 0) is 14.3 Å². The number of piperidine rings is 1. The van der Waals surface area contributed by atoms with E-state index in [0.29, 0.717) is 43.7 Å². The minimum atomic E-state index is -0.750. The molecule has 9 heteroatoms. The standard InChI is InChI=1S/C19H23FN4O4/c1-28-18(26)15-14(10-24-8-6-12(7-9-24)17(21)25)22-19(27)23-16(15)11-2-4-13(20)5-3-11/h2-5,12,16H,6-10H2,1H3,(H2,21,25)(H2,22,23,27). The molecule has 0 bridgehead atoms. The van der Waals surface area contributed by atoms with E-state index in [-0.39, 0.29) is 17.4 Å². The van der Waals surface area contributed by atoms with Crippen molar-refractivity contribution in [2.24, 2.45) is 11.7 Å². The van der Waals surface area contributed by atoms with Crippen molar-refractivity contribution in [2.45, 2.75) is 18.9 Å². The number of halogens is 1. The first-order chi connectivity index (χ1) is 13.4. The number of nitrogens with two attached hydrogens (primary N) is 1. The van der Waals surface area contributed by atoms with Gasteiger partial charge in [-0.05, 0) is 43.6 Å². The van der Waals surface area contributed by atoms with Gasteiger partial charge < -0.3 is 21.1 Å². The molecule has 4 N–H and O–H groups in total. The van der Waals surface area contributed by atoms with Gasteiger partial charge in [0, 0.05) is 18.2 Å². The summed E-state index contributed by atoms with van der Waals surface area (Å²) in [7, 11) is 1.27. The first-order valence-corrected chi connectivity index (χ1v) is 9.05. The fourth-order valence-electron chi connectivity index (χ4n) is 3.60. The van der Waals surface area contributed by atoms with Gasteiger partial charge in [-0.25, -0.2) is 14.0 Å². The number of carbonyl (C=O) groups excluding carboxylic acids is 3. The highest BCUT2D eigenvalue weighted by atomic mass is 19.1. The molecule has 0 saturated carbocycles. The first kappa shape index (κ1) is 19.8. The van der Waals surface area contributed by atoms with Crippen LogP contribution in [0.3, 0.4) is 0 Å². The maximum atomic E-state index is 13.3. The van der Waals surface area contributed by atoms with Crippen LogP contribution < -0.4 is 16.4 Å². The molecule has 0 aromatic heterocycles. The second-order valence-corrected chi connectivity index (χ2v) is 6.92. The highest BCUT2D eigenvalue weighted by Gasteiger charge is 2.34. The molecule has 1 aromatic rings. The molecule has 3 rings (SSSR count). The van der Waals surface area contributed by atoms with Crippen LogP contribution in [0.2, 0.25) is 0 Å². The van der Waals surface area contributed by atoms with Gasteiger partial charge in [0.2, 0.25) is 5.91 Å². The van der Waals surface area contributed by atoms with Gasteiger partial charge in [-0.3, -0.25) is 9.69 Å². The Morgan fingerprint density at radius 1 is 1.25 bits per heavy atom. The van der Waals surface area contributed by atoms with E-state index in [1.807, 2.05) is 4.90 Å². The molecule has 0 radical (unpaired) electrons. The zero-order valence-electron chi connectivity index (χ0n) is 15.5. The molecule has 2 heterocycles. The summed E-state index contributed by atoms with van der Waals surface area (Å²) < 4.78 is 18.2. The fourth-order valence-corrected chi connectivity index (χ4v) is 3.60. The average Bonchev–Trinajstić information content (AvgIpc) is 2.68. The van der Waals surface area contributed by atoms with E-state index in [0.717, 1.165) is 0 Å². The Balaban J connectivity index is 1.88. The van der Waals surface area contributed by atoms with Crippen LogP contribution in [0.5, 0.6) is 0 Å². The molecule has 1 unspecified atom stereocenters. The second-order valence-electron chi connectivity index (χ2n) is 6.92. The Labute approximate surface area is 161 Å². The molecule has 1 saturated heterocycles. The number of hydrogen-bond acceptors (Lipinski definition) is 5. The molecule has 0 spiro atoms. The molecular weight excluding hydrogens is 367 g/mol. The van der Waals surface area contributed by atoms with Crippen molar-refractivity contribution >= 4 is 17.9 Å². The minimum Gasteiger partial charge on any atom is -0.466 e. The molecule has 1 atom stereocenters. The number of methoxy groups -OCH3 is 1.